The fraction of sp³-hybridized carbons (Fsp3) is 0. The molecular formula is C20H10F4O4. The SMILES string of the molecule is O=C(Oc1cc(F)cc(F)c1)c1ccccc1C(=O)Oc1cc(F)cc(F)c1. The van der Waals surface area contributed by atoms with Gasteiger partial charge in [0, 0.05) is 36.4 Å². The molecule has 0 aliphatic heterocycles. The summed E-state index contributed by atoms with van der Waals surface area (Å²) in [6.45, 7) is 0. The maximum Gasteiger partial charge on any atom is 0.344 e. The molecule has 0 aromatic heterocycles. The lowest BCUT2D eigenvalue weighted by atomic mass is 10.1. The zero-order chi connectivity index (χ0) is 20.3. The standard InChI is InChI=1S/C20H10F4O4/c21-11-5-12(22)8-15(7-11)27-19(25)17-3-1-2-4-18(17)20(26)28-16-9-13(23)6-14(24)10-16/h1-10H. The molecule has 0 unspecified atom stereocenters. The number of carbonyl (C=O) groups excluding carboxylic acids is 2. The topological polar surface area (TPSA) is 52.6 Å². The average molecular weight is 390 g/mol. The van der Waals surface area contributed by atoms with Crippen LogP contribution in [0.3, 0.4) is 0 Å². The van der Waals surface area contributed by atoms with Crippen molar-refractivity contribution in [3.63, 3.8) is 0 Å². The number of hydrogen-bond acceptors (Lipinski definition) is 4. The van der Waals surface area contributed by atoms with Crippen LogP contribution in [0.4, 0.5) is 17.6 Å². The van der Waals surface area contributed by atoms with Crippen molar-refractivity contribution in [1.29, 1.82) is 0 Å². The van der Waals surface area contributed by atoms with Crippen molar-refractivity contribution in [3.8, 4) is 11.5 Å². The third-order valence-electron chi connectivity index (χ3n) is 3.46. The number of rotatable bonds is 4. The molecule has 0 atom stereocenters. The van der Waals surface area contributed by atoms with E-state index in [0.29, 0.717) is 12.1 Å². The van der Waals surface area contributed by atoms with Crippen LogP contribution < -0.4 is 9.47 Å². The number of hydrogen-bond donors (Lipinski definition) is 0. The van der Waals surface area contributed by atoms with Gasteiger partial charge in [-0.2, -0.15) is 0 Å². The van der Waals surface area contributed by atoms with Crippen LogP contribution >= 0.6 is 0 Å². The van der Waals surface area contributed by atoms with Crippen LogP contribution in [0.5, 0.6) is 11.5 Å². The molecule has 0 N–H and O–H groups in total. The van der Waals surface area contributed by atoms with E-state index in [1.165, 1.54) is 24.3 Å². The van der Waals surface area contributed by atoms with Crippen LogP contribution in [0.2, 0.25) is 0 Å². The highest BCUT2D eigenvalue weighted by atomic mass is 19.1. The van der Waals surface area contributed by atoms with E-state index < -0.39 is 46.7 Å². The van der Waals surface area contributed by atoms with E-state index in [2.05, 4.69) is 0 Å². The summed E-state index contributed by atoms with van der Waals surface area (Å²) in [5.74, 6) is -6.79. The Hall–Kier alpha value is -3.68. The maximum absolute atomic E-state index is 13.2. The Morgan fingerprint density at radius 2 is 0.893 bits per heavy atom. The van der Waals surface area contributed by atoms with Crippen LogP contribution in [0.1, 0.15) is 20.7 Å². The van der Waals surface area contributed by atoms with Gasteiger partial charge in [0.2, 0.25) is 0 Å². The van der Waals surface area contributed by atoms with Crippen molar-refractivity contribution in [2.75, 3.05) is 0 Å². The van der Waals surface area contributed by atoms with Gasteiger partial charge in [-0.05, 0) is 12.1 Å². The predicted octanol–water partition coefficient (Wildman–Crippen LogP) is 4.68. The normalized spacial score (nSPS) is 10.4. The van der Waals surface area contributed by atoms with Gasteiger partial charge in [-0.25, -0.2) is 27.2 Å². The Kier molecular flexibility index (Phi) is 5.39. The number of ether oxygens (including phenoxy) is 2. The van der Waals surface area contributed by atoms with Gasteiger partial charge >= 0.3 is 11.9 Å². The first-order valence-electron chi connectivity index (χ1n) is 7.77. The van der Waals surface area contributed by atoms with Crippen LogP contribution in [0.25, 0.3) is 0 Å². The summed E-state index contributed by atoms with van der Waals surface area (Å²) in [5.41, 5.74) is -0.539. The van der Waals surface area contributed by atoms with E-state index >= 15 is 0 Å². The Balaban J connectivity index is 1.85. The minimum Gasteiger partial charge on any atom is -0.423 e. The summed E-state index contributed by atoms with van der Waals surface area (Å²) in [6.07, 6.45) is 0. The highest BCUT2D eigenvalue weighted by Crippen LogP contribution is 2.21. The first-order chi connectivity index (χ1) is 13.3. The van der Waals surface area contributed by atoms with Crippen LogP contribution in [0, 0.1) is 23.3 Å². The molecule has 142 valence electrons. The molecule has 0 bridgehead atoms. The first-order valence-corrected chi connectivity index (χ1v) is 7.77. The number of halogens is 4. The number of esters is 2. The zero-order valence-electron chi connectivity index (χ0n) is 13.9. The lowest BCUT2D eigenvalue weighted by Crippen LogP contribution is -2.17. The molecule has 0 amide bonds. The number of carbonyl (C=O) groups is 2. The molecule has 3 rings (SSSR count). The van der Waals surface area contributed by atoms with Crippen molar-refractivity contribution in [2.45, 2.75) is 0 Å². The van der Waals surface area contributed by atoms with Gasteiger partial charge in [0.05, 0.1) is 11.1 Å². The van der Waals surface area contributed by atoms with Crippen LogP contribution in [0.15, 0.2) is 60.7 Å². The van der Waals surface area contributed by atoms with Crippen molar-refractivity contribution in [2.24, 2.45) is 0 Å². The van der Waals surface area contributed by atoms with Crippen molar-refractivity contribution in [3.05, 3.63) is 95.1 Å². The molecule has 0 heterocycles. The molecule has 0 aliphatic carbocycles. The summed E-state index contributed by atoms with van der Waals surface area (Å²) in [4.78, 5) is 24.7. The summed E-state index contributed by atoms with van der Waals surface area (Å²) in [6, 6.07) is 9.63. The number of benzene rings is 3. The van der Waals surface area contributed by atoms with Gasteiger partial charge in [-0.1, -0.05) is 12.1 Å². The van der Waals surface area contributed by atoms with Gasteiger partial charge in [-0.15, -0.1) is 0 Å². The van der Waals surface area contributed by atoms with Gasteiger partial charge in [0.25, 0.3) is 0 Å². The smallest absolute Gasteiger partial charge is 0.344 e. The summed E-state index contributed by atoms with van der Waals surface area (Å²) >= 11 is 0. The fourth-order valence-corrected chi connectivity index (χ4v) is 2.34. The van der Waals surface area contributed by atoms with E-state index in [4.69, 9.17) is 9.47 Å². The van der Waals surface area contributed by atoms with Gasteiger partial charge in [0.1, 0.15) is 34.8 Å². The Labute approximate surface area is 155 Å². The molecule has 8 heteroatoms. The second-order valence-electron chi connectivity index (χ2n) is 5.53. The predicted molar refractivity (Wildman–Crippen MR) is 89.1 cm³/mol. The highest BCUT2D eigenvalue weighted by Gasteiger charge is 2.21. The Morgan fingerprint density at radius 1 is 0.571 bits per heavy atom. The van der Waals surface area contributed by atoms with Gasteiger partial charge < -0.3 is 9.47 Å². The Morgan fingerprint density at radius 3 is 1.21 bits per heavy atom. The lowest BCUT2D eigenvalue weighted by Gasteiger charge is -2.10. The summed E-state index contributed by atoms with van der Waals surface area (Å²) in [7, 11) is 0. The molecule has 0 fully saturated rings. The van der Waals surface area contributed by atoms with Gasteiger partial charge in [-0.3, -0.25) is 0 Å². The first kappa shape index (κ1) is 19.1. The molecule has 3 aromatic rings. The van der Waals surface area contributed by atoms with Crippen molar-refractivity contribution < 1.29 is 36.6 Å². The minimum atomic E-state index is -1.08. The monoisotopic (exact) mass is 390 g/mol. The third kappa shape index (κ3) is 4.53. The molecule has 28 heavy (non-hydrogen) atoms. The van der Waals surface area contributed by atoms with Crippen LogP contribution in [-0.2, 0) is 0 Å². The molecular weight excluding hydrogens is 380 g/mol. The third-order valence-corrected chi connectivity index (χ3v) is 3.46. The van der Waals surface area contributed by atoms with E-state index in [1.54, 1.807) is 0 Å². The maximum atomic E-state index is 13.2. The van der Waals surface area contributed by atoms with Crippen LogP contribution in [-0.4, -0.2) is 11.9 Å². The molecule has 0 radical (unpaired) electrons. The van der Waals surface area contributed by atoms with Gasteiger partial charge in [0.15, 0.2) is 0 Å². The molecule has 3 aromatic carbocycles. The highest BCUT2D eigenvalue weighted by molar-refractivity contribution is 6.04. The second kappa shape index (κ2) is 7.91. The molecule has 0 aliphatic rings. The molecule has 0 saturated heterocycles. The summed E-state index contributed by atoms with van der Waals surface area (Å²) in [5, 5.41) is 0. The van der Waals surface area contributed by atoms with E-state index in [1.807, 2.05) is 0 Å². The van der Waals surface area contributed by atoms with E-state index in [-0.39, 0.29) is 11.1 Å². The average Bonchev–Trinajstić information content (AvgIpc) is 2.59. The van der Waals surface area contributed by atoms with E-state index in [0.717, 1.165) is 24.3 Å². The molecule has 0 saturated carbocycles. The molecule has 0 spiro atoms. The Bertz CT molecular complexity index is 941. The zero-order valence-corrected chi connectivity index (χ0v) is 13.9. The summed E-state index contributed by atoms with van der Waals surface area (Å²) < 4.78 is 62.7. The van der Waals surface area contributed by atoms with Crippen molar-refractivity contribution in [1.82, 2.24) is 0 Å². The second-order valence-corrected chi connectivity index (χ2v) is 5.53. The quantitative estimate of drug-likeness (QED) is 0.369. The fourth-order valence-electron chi connectivity index (χ4n) is 2.34. The van der Waals surface area contributed by atoms with E-state index in [9.17, 15) is 27.2 Å². The largest absolute Gasteiger partial charge is 0.423 e. The molecule has 4 nitrogen and oxygen atoms in total. The van der Waals surface area contributed by atoms with Crippen molar-refractivity contribution >= 4 is 11.9 Å². The lowest BCUT2D eigenvalue weighted by molar-refractivity contribution is 0.0691. The minimum absolute atomic E-state index is 0.269.